The van der Waals surface area contributed by atoms with Gasteiger partial charge in [0, 0.05) is 33.9 Å². The molecule has 0 saturated carbocycles. The second-order valence-corrected chi connectivity index (χ2v) is 2.60. The largest absolute Gasteiger partial charge is 0.394 e. The van der Waals surface area contributed by atoms with Crippen molar-refractivity contribution in [1.29, 1.82) is 0 Å². The summed E-state index contributed by atoms with van der Waals surface area (Å²) in [7, 11) is 0. The molecule has 0 aromatic carbocycles. The van der Waals surface area contributed by atoms with Crippen molar-refractivity contribution in [2.75, 3.05) is 0 Å². The molecule has 0 aliphatic carbocycles. The summed E-state index contributed by atoms with van der Waals surface area (Å²) in [6, 6.07) is 0. The molecule has 2 N–H and O–H groups in total. The molecule has 0 atom stereocenters. The predicted molar refractivity (Wildman–Crippen MR) is 50.6 cm³/mol. The van der Waals surface area contributed by atoms with Crippen LogP contribution in [0.15, 0.2) is 12.7 Å². The standard InChI is InChI=1S/2C3H8O.C3H6.Ti/c2*1-3(2)4;1-3-2;/h2*3-4H,1-2H3;3H,1H2,2H3;. The molecule has 0 aliphatic heterocycles. The van der Waals surface area contributed by atoms with Crippen LogP contribution in [0.3, 0.4) is 0 Å². The van der Waals surface area contributed by atoms with Crippen molar-refractivity contribution in [3.8, 4) is 0 Å². The van der Waals surface area contributed by atoms with E-state index in [1.165, 1.54) is 0 Å². The molecule has 0 saturated heterocycles. The van der Waals surface area contributed by atoms with Crippen LogP contribution in [0.4, 0.5) is 0 Å². The molecule has 0 heterocycles. The van der Waals surface area contributed by atoms with Crippen molar-refractivity contribution in [2.24, 2.45) is 0 Å². The Bertz CT molecular complexity index is 52.0. The fourth-order valence-electron chi connectivity index (χ4n) is 0. The number of aliphatic hydroxyl groups is 2. The van der Waals surface area contributed by atoms with Crippen LogP contribution in [0.5, 0.6) is 0 Å². The van der Waals surface area contributed by atoms with Gasteiger partial charge in [0.1, 0.15) is 0 Å². The maximum Gasteiger partial charge on any atom is 0.0483 e. The second kappa shape index (κ2) is 22.5. The maximum atomic E-state index is 8.06. The Kier molecular flexibility index (Phi) is 42.8. The van der Waals surface area contributed by atoms with Crippen LogP contribution in [0, 0.1) is 0 Å². The van der Waals surface area contributed by atoms with Crippen LogP contribution >= 0.6 is 0 Å². The SMILES string of the molecule is C=CC.CC(C)O.CC(C)O.[Ti]. The minimum Gasteiger partial charge on any atom is -0.394 e. The molecule has 74 valence electrons. The topological polar surface area (TPSA) is 40.5 Å². The van der Waals surface area contributed by atoms with Gasteiger partial charge < -0.3 is 10.2 Å². The fourth-order valence-corrected chi connectivity index (χ4v) is 0. The molecule has 0 unspecified atom stereocenters. The Hall–Kier alpha value is 0.374. The van der Waals surface area contributed by atoms with E-state index in [0.717, 1.165) is 0 Å². The normalized spacial score (nSPS) is 7.08. The number of hydrogen-bond donors (Lipinski definition) is 2. The summed E-state index contributed by atoms with van der Waals surface area (Å²) in [5.41, 5.74) is 0. The number of allylic oxidation sites excluding steroid dienone is 1. The third-order valence-corrected chi connectivity index (χ3v) is 0. The van der Waals surface area contributed by atoms with Crippen LogP contribution in [0.25, 0.3) is 0 Å². The molecule has 0 aliphatic rings. The van der Waals surface area contributed by atoms with Gasteiger partial charge in [-0.25, -0.2) is 0 Å². The summed E-state index contributed by atoms with van der Waals surface area (Å²) in [6.45, 7) is 12.1. The van der Waals surface area contributed by atoms with Gasteiger partial charge in [-0.15, -0.1) is 6.58 Å². The van der Waals surface area contributed by atoms with E-state index in [2.05, 4.69) is 6.58 Å². The molecular formula is C9H22O2Ti. The van der Waals surface area contributed by atoms with Crippen LogP contribution in [0.1, 0.15) is 34.6 Å². The molecule has 0 amide bonds. The molecule has 0 bridgehead atoms. The fraction of sp³-hybridized carbons (Fsp3) is 0.778. The smallest absolute Gasteiger partial charge is 0.0483 e. The molecule has 3 heteroatoms. The summed E-state index contributed by atoms with van der Waals surface area (Å²) in [6.07, 6.45) is 1.42. The maximum absolute atomic E-state index is 8.06. The van der Waals surface area contributed by atoms with Gasteiger partial charge in [0.15, 0.2) is 0 Å². The first kappa shape index (κ1) is 22.8. The Morgan fingerprint density at radius 2 is 1.00 bits per heavy atom. The summed E-state index contributed by atoms with van der Waals surface area (Å²) in [5, 5.41) is 16.1. The molecule has 0 fully saturated rings. The average molecular weight is 210 g/mol. The van der Waals surface area contributed by atoms with Gasteiger partial charge >= 0.3 is 0 Å². The first-order valence-corrected chi connectivity index (χ1v) is 3.81. The predicted octanol–water partition coefficient (Wildman–Crippen LogP) is 1.96. The summed E-state index contributed by atoms with van der Waals surface area (Å²) < 4.78 is 0. The van der Waals surface area contributed by atoms with Crippen molar-refractivity contribution >= 4 is 0 Å². The van der Waals surface area contributed by atoms with Gasteiger partial charge in [-0.1, -0.05) is 6.08 Å². The Morgan fingerprint density at radius 3 is 1.00 bits per heavy atom. The Morgan fingerprint density at radius 1 is 1.00 bits per heavy atom. The number of rotatable bonds is 0. The second-order valence-electron chi connectivity index (χ2n) is 2.60. The van der Waals surface area contributed by atoms with Crippen molar-refractivity contribution in [3.05, 3.63) is 12.7 Å². The molecule has 0 spiro atoms. The molecular weight excluding hydrogens is 188 g/mol. The van der Waals surface area contributed by atoms with E-state index in [1.54, 1.807) is 33.8 Å². The van der Waals surface area contributed by atoms with Crippen molar-refractivity contribution in [1.82, 2.24) is 0 Å². The monoisotopic (exact) mass is 210 g/mol. The zero-order valence-corrected chi connectivity index (χ0v) is 10.4. The van der Waals surface area contributed by atoms with Crippen molar-refractivity contribution in [2.45, 2.75) is 46.8 Å². The molecule has 0 aromatic rings. The zero-order chi connectivity index (χ0) is 9.86. The van der Waals surface area contributed by atoms with E-state index in [0.29, 0.717) is 0 Å². The van der Waals surface area contributed by atoms with E-state index in [1.807, 2.05) is 6.92 Å². The Balaban J connectivity index is -0.0000000389. The zero-order valence-electron chi connectivity index (χ0n) is 8.83. The van der Waals surface area contributed by atoms with Crippen LogP contribution in [0.2, 0.25) is 0 Å². The van der Waals surface area contributed by atoms with E-state index in [4.69, 9.17) is 10.2 Å². The van der Waals surface area contributed by atoms with E-state index in [9.17, 15) is 0 Å². The summed E-state index contributed by atoms with van der Waals surface area (Å²) >= 11 is 0. The molecule has 0 radical (unpaired) electrons. The third kappa shape index (κ3) is 6510. The van der Waals surface area contributed by atoms with Gasteiger partial charge in [-0.3, -0.25) is 0 Å². The minimum absolute atomic E-state index is 0. The molecule has 0 rings (SSSR count). The van der Waals surface area contributed by atoms with Gasteiger partial charge in [0.25, 0.3) is 0 Å². The molecule has 2 nitrogen and oxygen atoms in total. The third-order valence-electron chi connectivity index (χ3n) is 0. The van der Waals surface area contributed by atoms with E-state index >= 15 is 0 Å². The first-order chi connectivity index (χ1) is 4.88. The van der Waals surface area contributed by atoms with Crippen LogP contribution in [-0.4, -0.2) is 22.4 Å². The van der Waals surface area contributed by atoms with E-state index in [-0.39, 0.29) is 33.9 Å². The average Bonchev–Trinajstić information content (AvgIpc) is 1.60. The molecule has 12 heavy (non-hydrogen) atoms. The van der Waals surface area contributed by atoms with Gasteiger partial charge in [0.2, 0.25) is 0 Å². The van der Waals surface area contributed by atoms with Gasteiger partial charge in [-0.2, -0.15) is 0 Å². The van der Waals surface area contributed by atoms with Crippen molar-refractivity contribution < 1.29 is 31.9 Å². The van der Waals surface area contributed by atoms with Gasteiger partial charge in [0.05, 0.1) is 0 Å². The van der Waals surface area contributed by atoms with E-state index < -0.39 is 0 Å². The Labute approximate surface area is 91.6 Å². The molecule has 0 aromatic heterocycles. The number of hydrogen-bond acceptors (Lipinski definition) is 2. The quantitative estimate of drug-likeness (QED) is 0.474. The summed E-state index contributed by atoms with van der Waals surface area (Å²) in [5.74, 6) is 0. The van der Waals surface area contributed by atoms with Crippen LogP contribution < -0.4 is 0 Å². The summed E-state index contributed by atoms with van der Waals surface area (Å²) in [4.78, 5) is 0. The van der Waals surface area contributed by atoms with Gasteiger partial charge in [-0.05, 0) is 34.6 Å². The first-order valence-electron chi connectivity index (χ1n) is 3.81. The number of aliphatic hydroxyl groups excluding tert-OH is 2. The van der Waals surface area contributed by atoms with Crippen molar-refractivity contribution in [3.63, 3.8) is 0 Å². The van der Waals surface area contributed by atoms with Crippen LogP contribution in [-0.2, 0) is 21.7 Å². The minimum atomic E-state index is -0.167.